The molecule has 1 aliphatic heterocycles. The second-order valence-corrected chi connectivity index (χ2v) is 7.61. The van der Waals surface area contributed by atoms with Gasteiger partial charge in [0.1, 0.15) is 17.5 Å². The molecule has 0 radical (unpaired) electrons. The molecule has 0 spiro atoms. The van der Waals surface area contributed by atoms with Crippen LogP contribution in [0.3, 0.4) is 0 Å². The average molecular weight is 396 g/mol. The Morgan fingerprint density at radius 3 is 2.79 bits per heavy atom. The molecule has 1 saturated heterocycles. The zero-order valence-electron chi connectivity index (χ0n) is 15.4. The number of amides is 2. The molecule has 2 aromatic carbocycles. The van der Waals surface area contributed by atoms with Crippen molar-refractivity contribution in [1.29, 1.82) is 0 Å². The number of nitrogens with zero attached hydrogens (tertiary/aromatic N) is 2. The van der Waals surface area contributed by atoms with Crippen molar-refractivity contribution in [2.45, 2.75) is 25.3 Å². The van der Waals surface area contributed by atoms with Crippen LogP contribution in [-0.2, 0) is 9.59 Å². The second-order valence-electron chi connectivity index (χ2n) is 7.61. The largest absolute Gasteiger partial charge is 0.339 e. The fourth-order valence-electron chi connectivity index (χ4n) is 3.78. The predicted molar refractivity (Wildman–Crippen MR) is 103 cm³/mol. The molecule has 1 atom stereocenters. The van der Waals surface area contributed by atoms with Crippen molar-refractivity contribution < 1.29 is 18.4 Å². The maximum atomic E-state index is 14.0. The first-order valence-electron chi connectivity index (χ1n) is 9.53. The summed E-state index contributed by atoms with van der Waals surface area (Å²) in [5.41, 5.74) is 1.74. The molecule has 2 amide bonds. The number of anilines is 1. The first-order chi connectivity index (χ1) is 14.0. The van der Waals surface area contributed by atoms with Crippen molar-refractivity contribution in [1.82, 2.24) is 14.9 Å². The monoisotopic (exact) mass is 396 g/mol. The zero-order chi connectivity index (χ0) is 20.1. The van der Waals surface area contributed by atoms with Crippen molar-refractivity contribution in [3.05, 3.63) is 48.0 Å². The van der Waals surface area contributed by atoms with Gasteiger partial charge in [0.15, 0.2) is 0 Å². The molecule has 0 bridgehead atoms. The van der Waals surface area contributed by atoms with Gasteiger partial charge < -0.3 is 15.2 Å². The van der Waals surface area contributed by atoms with Crippen molar-refractivity contribution >= 4 is 28.5 Å². The van der Waals surface area contributed by atoms with Crippen LogP contribution in [0.4, 0.5) is 14.5 Å². The lowest BCUT2D eigenvalue weighted by molar-refractivity contribution is -0.128. The van der Waals surface area contributed by atoms with Gasteiger partial charge in [0.25, 0.3) is 0 Å². The van der Waals surface area contributed by atoms with Gasteiger partial charge in [0, 0.05) is 24.7 Å². The lowest BCUT2D eigenvalue weighted by Crippen LogP contribution is -2.29. The van der Waals surface area contributed by atoms with E-state index in [0.717, 1.165) is 31.0 Å². The Kier molecular flexibility index (Phi) is 4.08. The van der Waals surface area contributed by atoms with Crippen LogP contribution in [0.2, 0.25) is 0 Å². The van der Waals surface area contributed by atoms with Gasteiger partial charge in [-0.05, 0) is 49.2 Å². The van der Waals surface area contributed by atoms with Crippen LogP contribution in [0.5, 0.6) is 0 Å². The van der Waals surface area contributed by atoms with Crippen LogP contribution in [0, 0.1) is 17.6 Å². The molecular formula is C21H18F2N4O2. The summed E-state index contributed by atoms with van der Waals surface area (Å²) < 4.78 is 27.5. The summed E-state index contributed by atoms with van der Waals surface area (Å²) in [4.78, 5) is 33.7. The van der Waals surface area contributed by atoms with Gasteiger partial charge in [-0.2, -0.15) is 0 Å². The van der Waals surface area contributed by atoms with Crippen LogP contribution in [0.1, 0.15) is 19.3 Å². The molecule has 2 aliphatic rings. The molecule has 2 fully saturated rings. The molecule has 3 aromatic rings. The second kappa shape index (κ2) is 6.65. The molecule has 1 saturated carbocycles. The summed E-state index contributed by atoms with van der Waals surface area (Å²) in [5.74, 6) is -1.44. The number of hydrogen-bond acceptors (Lipinski definition) is 3. The van der Waals surface area contributed by atoms with Gasteiger partial charge in [0.05, 0.1) is 22.5 Å². The highest BCUT2D eigenvalue weighted by atomic mass is 19.1. The molecule has 2 heterocycles. The minimum atomic E-state index is -0.579. The third kappa shape index (κ3) is 3.35. The lowest BCUT2D eigenvalue weighted by atomic mass is 10.1. The molecule has 8 heteroatoms. The number of fused-ring (bicyclic) bond motifs is 1. The SMILES string of the molecule is O=C(Nc1ccc2nc(-c3cc(F)ccc3F)[nH]c2c1)C1CC(=O)N(C2CC2)C1. The van der Waals surface area contributed by atoms with E-state index in [9.17, 15) is 18.4 Å². The Bertz CT molecular complexity index is 1140. The van der Waals surface area contributed by atoms with Crippen LogP contribution >= 0.6 is 0 Å². The fraction of sp³-hybridized carbons (Fsp3) is 0.286. The minimum Gasteiger partial charge on any atom is -0.339 e. The Balaban J connectivity index is 1.35. The number of carbonyl (C=O) groups excluding carboxylic acids is 2. The first kappa shape index (κ1) is 17.8. The molecule has 5 rings (SSSR count). The van der Waals surface area contributed by atoms with Crippen molar-refractivity contribution in [3.63, 3.8) is 0 Å². The molecule has 1 unspecified atom stereocenters. The summed E-state index contributed by atoms with van der Waals surface area (Å²) in [5, 5.41) is 2.85. The normalized spacial score (nSPS) is 19.2. The van der Waals surface area contributed by atoms with Crippen LogP contribution in [0.25, 0.3) is 22.4 Å². The van der Waals surface area contributed by atoms with Crippen LogP contribution in [0.15, 0.2) is 36.4 Å². The fourth-order valence-corrected chi connectivity index (χ4v) is 3.78. The van der Waals surface area contributed by atoms with Crippen molar-refractivity contribution in [3.8, 4) is 11.4 Å². The molecule has 6 nitrogen and oxygen atoms in total. The third-order valence-corrected chi connectivity index (χ3v) is 5.45. The highest BCUT2D eigenvalue weighted by Gasteiger charge is 2.41. The maximum absolute atomic E-state index is 14.0. The lowest BCUT2D eigenvalue weighted by Gasteiger charge is -2.15. The van der Waals surface area contributed by atoms with E-state index in [-0.39, 0.29) is 35.5 Å². The highest BCUT2D eigenvalue weighted by Crippen LogP contribution is 2.33. The summed E-state index contributed by atoms with van der Waals surface area (Å²) in [6, 6.07) is 8.57. The van der Waals surface area contributed by atoms with E-state index in [4.69, 9.17) is 0 Å². The summed E-state index contributed by atoms with van der Waals surface area (Å²) in [7, 11) is 0. The van der Waals surface area contributed by atoms with E-state index in [0.29, 0.717) is 29.3 Å². The smallest absolute Gasteiger partial charge is 0.229 e. The standard InChI is InChI=1S/C21H18F2N4O2/c22-12-1-5-16(23)15(8-12)20-25-17-6-2-13(9-18(17)26-20)24-21(29)11-7-19(28)27(10-11)14-3-4-14/h1-2,5-6,8-9,11,14H,3-4,7,10H2,(H,24,29)(H,25,26). The van der Waals surface area contributed by atoms with E-state index in [1.165, 1.54) is 0 Å². The highest BCUT2D eigenvalue weighted by molar-refractivity contribution is 5.98. The van der Waals surface area contributed by atoms with Gasteiger partial charge >= 0.3 is 0 Å². The summed E-state index contributed by atoms with van der Waals surface area (Å²) in [6.45, 7) is 0.463. The number of aromatic amines is 1. The minimum absolute atomic E-state index is 0.0384. The molecule has 1 aromatic heterocycles. The molecule has 29 heavy (non-hydrogen) atoms. The molecular weight excluding hydrogens is 378 g/mol. The van der Waals surface area contributed by atoms with E-state index >= 15 is 0 Å². The number of halogens is 2. The summed E-state index contributed by atoms with van der Waals surface area (Å²) >= 11 is 0. The number of imidazole rings is 1. The van der Waals surface area contributed by atoms with Gasteiger partial charge in [-0.1, -0.05) is 0 Å². The summed E-state index contributed by atoms with van der Waals surface area (Å²) in [6.07, 6.45) is 2.27. The number of H-pyrrole nitrogens is 1. The maximum Gasteiger partial charge on any atom is 0.229 e. The number of benzene rings is 2. The molecule has 148 valence electrons. The van der Waals surface area contributed by atoms with Gasteiger partial charge in [-0.3, -0.25) is 9.59 Å². The Morgan fingerprint density at radius 1 is 1.17 bits per heavy atom. The number of aromatic nitrogens is 2. The van der Waals surface area contributed by atoms with Gasteiger partial charge in [-0.25, -0.2) is 13.8 Å². The zero-order valence-corrected chi connectivity index (χ0v) is 15.4. The van der Waals surface area contributed by atoms with Crippen LogP contribution < -0.4 is 5.32 Å². The first-order valence-corrected chi connectivity index (χ1v) is 9.53. The van der Waals surface area contributed by atoms with E-state index in [1.54, 1.807) is 18.2 Å². The van der Waals surface area contributed by atoms with Gasteiger partial charge in [0.2, 0.25) is 11.8 Å². The Labute approximate surface area is 164 Å². The molecule has 1 aliphatic carbocycles. The van der Waals surface area contributed by atoms with Crippen molar-refractivity contribution in [2.24, 2.45) is 5.92 Å². The van der Waals surface area contributed by atoms with E-state index in [2.05, 4.69) is 15.3 Å². The Hall–Kier alpha value is -3.29. The van der Waals surface area contributed by atoms with Gasteiger partial charge in [-0.15, -0.1) is 0 Å². The van der Waals surface area contributed by atoms with Crippen molar-refractivity contribution in [2.75, 3.05) is 11.9 Å². The predicted octanol–water partition coefficient (Wildman–Crippen LogP) is 3.46. The van der Waals surface area contributed by atoms with Crippen LogP contribution in [-0.4, -0.2) is 39.3 Å². The number of nitrogens with one attached hydrogen (secondary N) is 2. The quantitative estimate of drug-likeness (QED) is 0.709. The topological polar surface area (TPSA) is 78.1 Å². The molecule has 2 N–H and O–H groups in total. The number of carbonyl (C=O) groups is 2. The number of rotatable bonds is 4. The van der Waals surface area contributed by atoms with E-state index < -0.39 is 11.6 Å². The third-order valence-electron chi connectivity index (χ3n) is 5.45. The average Bonchev–Trinajstić information content (AvgIpc) is 3.33. The van der Waals surface area contributed by atoms with E-state index in [1.807, 2.05) is 4.90 Å². The number of hydrogen-bond donors (Lipinski definition) is 2. The Morgan fingerprint density at radius 2 is 2.00 bits per heavy atom. The number of likely N-dealkylation sites (tertiary alicyclic amines) is 1.